The molecule has 0 aliphatic rings. The summed E-state index contributed by atoms with van der Waals surface area (Å²) in [6, 6.07) is 78.4. The molecule has 0 aromatic heterocycles. The first-order valence-corrected chi connectivity index (χ1v) is 24.4. The van der Waals surface area contributed by atoms with Crippen LogP contribution in [0.1, 0.15) is 64.3 Å². The van der Waals surface area contributed by atoms with Gasteiger partial charge in [0.05, 0.1) is 6.61 Å². The SMILES string of the molecule is CCCCOc1ccc(N(c2ccc(/C=C/c3ccc(N(c4ccc(C)cc4)c4ccc(C)cc4)cc3)cc2)c2ccc(/C=C/c3ccc(N(c4ccc(C)cc4)c4ccc(C)cc4)cc3)cc2)cc1. The van der Waals surface area contributed by atoms with Gasteiger partial charge in [0.1, 0.15) is 5.75 Å². The zero-order valence-electron chi connectivity index (χ0n) is 41.0. The second-order valence-corrected chi connectivity index (χ2v) is 18.1. The first-order valence-electron chi connectivity index (χ1n) is 24.4. The summed E-state index contributed by atoms with van der Waals surface area (Å²) in [4.78, 5) is 6.92. The number of rotatable bonds is 17. The van der Waals surface area contributed by atoms with Crippen molar-refractivity contribution >= 4 is 75.5 Å². The van der Waals surface area contributed by atoms with E-state index in [4.69, 9.17) is 4.74 Å². The van der Waals surface area contributed by atoms with Crippen LogP contribution in [-0.4, -0.2) is 6.61 Å². The molecule has 9 rings (SSSR count). The van der Waals surface area contributed by atoms with Gasteiger partial charge in [0, 0.05) is 51.2 Å². The average Bonchev–Trinajstić information content (AvgIpc) is 3.39. The van der Waals surface area contributed by atoms with Gasteiger partial charge in [0.2, 0.25) is 0 Å². The van der Waals surface area contributed by atoms with Gasteiger partial charge in [-0.2, -0.15) is 0 Å². The summed E-state index contributed by atoms with van der Waals surface area (Å²) >= 11 is 0. The smallest absolute Gasteiger partial charge is 0.119 e. The maximum Gasteiger partial charge on any atom is 0.119 e. The molecule has 0 saturated carbocycles. The third-order valence-corrected chi connectivity index (χ3v) is 12.6. The largest absolute Gasteiger partial charge is 0.494 e. The number of unbranched alkanes of at least 4 members (excludes halogenated alkanes) is 1. The molecule has 0 amide bonds. The number of anilines is 9. The molecule has 0 N–H and O–H groups in total. The van der Waals surface area contributed by atoms with E-state index in [9.17, 15) is 0 Å². The highest BCUT2D eigenvalue weighted by Crippen LogP contribution is 2.38. The first-order chi connectivity index (χ1) is 34.3. The molecule has 0 bridgehead atoms. The Morgan fingerprint density at radius 1 is 0.286 bits per heavy atom. The van der Waals surface area contributed by atoms with E-state index in [0.29, 0.717) is 0 Å². The van der Waals surface area contributed by atoms with Crippen molar-refractivity contribution in [2.45, 2.75) is 47.5 Å². The minimum Gasteiger partial charge on any atom is -0.494 e. The van der Waals surface area contributed by atoms with Gasteiger partial charge in [-0.1, -0.05) is 157 Å². The molecule has 9 aromatic carbocycles. The van der Waals surface area contributed by atoms with E-state index in [-0.39, 0.29) is 0 Å². The summed E-state index contributed by atoms with van der Waals surface area (Å²) < 4.78 is 6.04. The Bertz CT molecular complexity index is 2830. The molecule has 0 unspecified atom stereocenters. The van der Waals surface area contributed by atoms with E-state index in [2.05, 4.69) is 292 Å². The minimum absolute atomic E-state index is 0.719. The monoisotopic (exact) mass is 911 g/mol. The van der Waals surface area contributed by atoms with Gasteiger partial charge < -0.3 is 19.4 Å². The van der Waals surface area contributed by atoms with Gasteiger partial charge in [-0.25, -0.2) is 0 Å². The van der Waals surface area contributed by atoms with Crippen molar-refractivity contribution in [1.82, 2.24) is 0 Å². The van der Waals surface area contributed by atoms with E-state index in [1.165, 1.54) is 22.3 Å². The van der Waals surface area contributed by atoms with Crippen LogP contribution >= 0.6 is 0 Å². The predicted octanol–water partition coefficient (Wildman–Crippen LogP) is 18.8. The molecular weight excluding hydrogens is 851 g/mol. The second-order valence-electron chi connectivity index (χ2n) is 18.1. The average molecular weight is 912 g/mol. The fraction of sp³-hybridized carbons (Fsp3) is 0.121. The van der Waals surface area contributed by atoms with Crippen molar-refractivity contribution in [3.63, 3.8) is 0 Å². The molecule has 346 valence electrons. The normalized spacial score (nSPS) is 11.3. The summed E-state index contributed by atoms with van der Waals surface area (Å²) in [5, 5.41) is 0. The Kier molecular flexibility index (Phi) is 14.8. The van der Waals surface area contributed by atoms with Gasteiger partial charge in [-0.05, 0) is 178 Å². The van der Waals surface area contributed by atoms with Crippen molar-refractivity contribution in [2.75, 3.05) is 21.3 Å². The zero-order chi connectivity index (χ0) is 48.2. The lowest BCUT2D eigenvalue weighted by atomic mass is 10.1. The molecule has 4 heteroatoms. The number of nitrogens with zero attached hydrogens (tertiary/aromatic N) is 3. The van der Waals surface area contributed by atoms with Crippen LogP contribution in [0, 0.1) is 27.7 Å². The van der Waals surface area contributed by atoms with Crippen LogP contribution in [0.5, 0.6) is 5.75 Å². The van der Waals surface area contributed by atoms with Gasteiger partial charge in [-0.3, -0.25) is 0 Å². The Morgan fingerprint density at radius 2 is 0.486 bits per heavy atom. The number of benzene rings is 9. The molecule has 0 atom stereocenters. The maximum absolute atomic E-state index is 6.04. The number of ether oxygens (including phenoxy) is 1. The Morgan fingerprint density at radius 3 is 0.700 bits per heavy atom. The Labute approximate surface area is 415 Å². The summed E-state index contributed by atoms with van der Waals surface area (Å²) in [5.41, 5.74) is 19.5. The van der Waals surface area contributed by atoms with Crippen molar-refractivity contribution < 1.29 is 4.74 Å². The molecule has 4 nitrogen and oxygen atoms in total. The Balaban J connectivity index is 0.924. The van der Waals surface area contributed by atoms with Crippen molar-refractivity contribution in [1.29, 1.82) is 0 Å². The second kappa shape index (κ2) is 22.2. The highest BCUT2D eigenvalue weighted by molar-refractivity contribution is 5.82. The topological polar surface area (TPSA) is 19.0 Å². The van der Waals surface area contributed by atoms with E-state index in [1.807, 2.05) is 0 Å². The van der Waals surface area contributed by atoms with Gasteiger partial charge in [0.25, 0.3) is 0 Å². The molecule has 0 aliphatic carbocycles. The van der Waals surface area contributed by atoms with Gasteiger partial charge in [-0.15, -0.1) is 0 Å². The summed E-state index contributed by atoms with van der Waals surface area (Å²) in [5.74, 6) is 0.884. The van der Waals surface area contributed by atoms with Gasteiger partial charge in [0.15, 0.2) is 0 Å². The standard InChI is InChI=1S/C66H61N3O/c1-6-7-48-70-66-46-44-65(45-47-66)69(63-40-24-55(25-41-63)18-16-53-20-36-61(37-21-53)67(57-28-8-49(2)9-29-57)58-30-10-50(3)11-31-58)64-42-26-56(27-43-64)19-17-54-22-38-62(39-23-54)68(59-32-12-51(4)13-33-59)60-34-14-52(5)15-35-60/h8-47H,6-7,48H2,1-5H3/b18-16+,19-17+. The third-order valence-electron chi connectivity index (χ3n) is 12.6. The van der Waals surface area contributed by atoms with Crippen LogP contribution in [0.3, 0.4) is 0 Å². The highest BCUT2D eigenvalue weighted by Gasteiger charge is 2.16. The summed E-state index contributed by atoms with van der Waals surface area (Å²) in [7, 11) is 0. The molecule has 70 heavy (non-hydrogen) atoms. The predicted molar refractivity (Wildman–Crippen MR) is 301 cm³/mol. The summed E-state index contributed by atoms with van der Waals surface area (Å²) in [6.07, 6.45) is 10.9. The molecule has 0 radical (unpaired) electrons. The molecule has 0 heterocycles. The van der Waals surface area contributed by atoms with Crippen molar-refractivity contribution in [3.8, 4) is 5.75 Å². The fourth-order valence-electron chi connectivity index (χ4n) is 8.47. The maximum atomic E-state index is 6.04. The van der Waals surface area contributed by atoms with Crippen LogP contribution in [0.25, 0.3) is 24.3 Å². The quantitative estimate of drug-likeness (QED) is 0.0669. The lowest BCUT2D eigenvalue weighted by Crippen LogP contribution is -2.10. The molecule has 0 spiro atoms. The molecule has 0 saturated heterocycles. The van der Waals surface area contributed by atoms with E-state index in [0.717, 1.165) is 98.6 Å². The van der Waals surface area contributed by atoms with E-state index in [1.54, 1.807) is 0 Å². The number of hydrogen-bond donors (Lipinski definition) is 0. The first kappa shape index (κ1) is 46.8. The van der Waals surface area contributed by atoms with Crippen LogP contribution < -0.4 is 19.4 Å². The van der Waals surface area contributed by atoms with Crippen LogP contribution in [-0.2, 0) is 0 Å². The molecule has 0 aliphatic heterocycles. The summed E-state index contributed by atoms with van der Waals surface area (Å²) in [6.45, 7) is 11.4. The van der Waals surface area contributed by atoms with Crippen molar-refractivity contribution in [3.05, 3.63) is 263 Å². The molecular formula is C66H61N3O. The van der Waals surface area contributed by atoms with Crippen LogP contribution in [0.2, 0.25) is 0 Å². The number of aryl methyl sites for hydroxylation is 4. The zero-order valence-corrected chi connectivity index (χ0v) is 41.0. The number of hydrogen-bond acceptors (Lipinski definition) is 4. The Hall–Kier alpha value is -8.34. The lowest BCUT2D eigenvalue weighted by molar-refractivity contribution is 0.309. The van der Waals surface area contributed by atoms with E-state index < -0.39 is 0 Å². The lowest BCUT2D eigenvalue weighted by Gasteiger charge is -2.26. The molecule has 0 fully saturated rings. The third kappa shape index (κ3) is 11.7. The fourth-order valence-corrected chi connectivity index (χ4v) is 8.47. The minimum atomic E-state index is 0.719. The van der Waals surface area contributed by atoms with Gasteiger partial charge >= 0.3 is 0 Å². The van der Waals surface area contributed by atoms with E-state index >= 15 is 0 Å². The van der Waals surface area contributed by atoms with Crippen molar-refractivity contribution in [2.24, 2.45) is 0 Å². The molecule has 9 aromatic rings. The highest BCUT2D eigenvalue weighted by atomic mass is 16.5. The van der Waals surface area contributed by atoms with Crippen LogP contribution in [0.4, 0.5) is 51.2 Å². The van der Waals surface area contributed by atoms with Crippen LogP contribution in [0.15, 0.2) is 218 Å².